The van der Waals surface area contributed by atoms with Gasteiger partial charge in [0, 0.05) is 46.5 Å². The molecule has 1 aliphatic carbocycles. The second-order valence-electron chi connectivity index (χ2n) is 7.73. The van der Waals surface area contributed by atoms with E-state index in [2.05, 4.69) is 21.7 Å². The first kappa shape index (κ1) is 26.3. The number of nitrogens with zero attached hydrogens (tertiary/aromatic N) is 1. The van der Waals surface area contributed by atoms with Crippen molar-refractivity contribution in [3.8, 4) is 11.5 Å². The molecule has 1 aromatic heterocycles. The predicted octanol–water partition coefficient (Wildman–Crippen LogP) is 6.26. The topological polar surface area (TPSA) is 55.4 Å². The Hall–Kier alpha value is -1.92. The van der Waals surface area contributed by atoms with E-state index in [1.807, 2.05) is 42.6 Å². The molecule has 0 unspecified atom stereocenters. The summed E-state index contributed by atoms with van der Waals surface area (Å²) in [5, 5.41) is 9.25. The van der Waals surface area contributed by atoms with Crippen LogP contribution in [0.5, 0.6) is 11.5 Å². The Balaban J connectivity index is 0.00000181. The normalized spacial score (nSPS) is 17.7. The van der Waals surface area contributed by atoms with Crippen molar-refractivity contribution < 1.29 is 9.47 Å². The molecule has 1 heterocycles. The van der Waals surface area contributed by atoms with Crippen LogP contribution < -0.4 is 20.1 Å². The van der Waals surface area contributed by atoms with E-state index in [4.69, 9.17) is 21.1 Å². The minimum absolute atomic E-state index is 0. The van der Waals surface area contributed by atoms with Crippen LogP contribution in [0.25, 0.3) is 10.9 Å². The van der Waals surface area contributed by atoms with Crippen LogP contribution in [-0.4, -0.2) is 31.3 Å². The summed E-state index contributed by atoms with van der Waals surface area (Å²) < 4.78 is 11.0. The number of methoxy groups -OCH3 is 2. The minimum atomic E-state index is 0. The summed E-state index contributed by atoms with van der Waals surface area (Å²) in [6.07, 6.45) is 6.35. The summed E-state index contributed by atoms with van der Waals surface area (Å²) in [6, 6.07) is 14.8. The first-order valence-corrected chi connectivity index (χ1v) is 10.8. The van der Waals surface area contributed by atoms with Crippen LogP contribution in [0.15, 0.2) is 48.7 Å². The summed E-state index contributed by atoms with van der Waals surface area (Å²) in [5.41, 5.74) is 3.13. The average molecular weight is 499 g/mol. The van der Waals surface area contributed by atoms with E-state index in [0.717, 1.165) is 65.9 Å². The van der Waals surface area contributed by atoms with Gasteiger partial charge in [-0.15, -0.1) is 24.8 Å². The molecule has 1 saturated carbocycles. The Bertz CT molecular complexity index is 989. The third kappa shape index (κ3) is 6.10. The second kappa shape index (κ2) is 12.4. The molecule has 4 rings (SSSR count). The number of fused-ring (bicyclic) bond motifs is 1. The van der Waals surface area contributed by atoms with Gasteiger partial charge >= 0.3 is 0 Å². The summed E-state index contributed by atoms with van der Waals surface area (Å²) in [6.45, 7) is 0.742. The molecule has 0 saturated heterocycles. The maximum atomic E-state index is 6.11. The lowest BCUT2D eigenvalue weighted by Gasteiger charge is -2.31. The number of ether oxygens (including phenoxy) is 2. The number of hydrogen-bond donors (Lipinski definition) is 2. The summed E-state index contributed by atoms with van der Waals surface area (Å²) in [4.78, 5) is 4.43. The van der Waals surface area contributed by atoms with E-state index in [1.165, 1.54) is 0 Å². The highest BCUT2D eigenvalue weighted by Crippen LogP contribution is 2.30. The van der Waals surface area contributed by atoms with Gasteiger partial charge in [-0.25, -0.2) is 0 Å². The summed E-state index contributed by atoms with van der Waals surface area (Å²) in [5.74, 6) is 1.73. The van der Waals surface area contributed by atoms with Crippen LogP contribution in [0.1, 0.15) is 31.2 Å². The number of hydrogen-bond acceptors (Lipinski definition) is 5. The van der Waals surface area contributed by atoms with Gasteiger partial charge in [-0.3, -0.25) is 4.98 Å². The molecule has 1 fully saturated rings. The molecule has 2 N–H and O–H groups in total. The van der Waals surface area contributed by atoms with E-state index in [-0.39, 0.29) is 24.8 Å². The van der Waals surface area contributed by atoms with Crippen molar-refractivity contribution in [2.45, 2.75) is 44.3 Å². The van der Waals surface area contributed by atoms with E-state index >= 15 is 0 Å². The number of halogens is 3. The number of anilines is 1. The van der Waals surface area contributed by atoms with Gasteiger partial charge in [0.25, 0.3) is 0 Å². The van der Waals surface area contributed by atoms with Gasteiger partial charge in [0.2, 0.25) is 0 Å². The van der Waals surface area contributed by atoms with Gasteiger partial charge in [0.05, 0.1) is 19.7 Å². The molecule has 2 aromatic carbocycles. The minimum Gasteiger partial charge on any atom is -0.496 e. The van der Waals surface area contributed by atoms with Gasteiger partial charge in [-0.2, -0.15) is 0 Å². The van der Waals surface area contributed by atoms with E-state index in [0.29, 0.717) is 17.1 Å². The monoisotopic (exact) mass is 497 g/mol. The molecule has 0 bridgehead atoms. The Morgan fingerprint density at radius 1 is 0.938 bits per heavy atom. The maximum Gasteiger partial charge on any atom is 0.127 e. The summed E-state index contributed by atoms with van der Waals surface area (Å²) in [7, 11) is 3.40. The third-order valence-electron chi connectivity index (χ3n) is 5.89. The first-order valence-electron chi connectivity index (χ1n) is 10.4. The largest absolute Gasteiger partial charge is 0.496 e. The Labute approximate surface area is 207 Å². The predicted molar refractivity (Wildman–Crippen MR) is 137 cm³/mol. The van der Waals surface area contributed by atoms with Crippen LogP contribution in [0.4, 0.5) is 5.69 Å². The molecular formula is C24H30Cl3N3O2. The van der Waals surface area contributed by atoms with Gasteiger partial charge in [-0.1, -0.05) is 17.7 Å². The number of benzene rings is 2. The average Bonchev–Trinajstić information content (AvgIpc) is 2.78. The zero-order valence-corrected chi connectivity index (χ0v) is 20.7. The van der Waals surface area contributed by atoms with E-state index in [1.54, 1.807) is 14.2 Å². The fourth-order valence-corrected chi connectivity index (χ4v) is 4.42. The van der Waals surface area contributed by atoms with Crippen LogP contribution >= 0.6 is 36.4 Å². The second-order valence-corrected chi connectivity index (χ2v) is 8.17. The molecule has 0 radical (unpaired) electrons. The molecular weight excluding hydrogens is 469 g/mol. The number of rotatable bonds is 7. The van der Waals surface area contributed by atoms with E-state index in [9.17, 15) is 0 Å². The van der Waals surface area contributed by atoms with Crippen LogP contribution in [-0.2, 0) is 6.54 Å². The fraction of sp³-hybridized carbons (Fsp3) is 0.375. The van der Waals surface area contributed by atoms with Crippen LogP contribution in [0, 0.1) is 0 Å². The molecule has 32 heavy (non-hydrogen) atoms. The molecule has 8 heteroatoms. The van der Waals surface area contributed by atoms with Crippen molar-refractivity contribution in [1.29, 1.82) is 0 Å². The molecule has 174 valence electrons. The number of nitrogens with one attached hydrogen (secondary N) is 2. The van der Waals surface area contributed by atoms with Crippen molar-refractivity contribution in [3.63, 3.8) is 0 Å². The van der Waals surface area contributed by atoms with Crippen molar-refractivity contribution in [2.24, 2.45) is 0 Å². The van der Waals surface area contributed by atoms with E-state index < -0.39 is 0 Å². The van der Waals surface area contributed by atoms with Gasteiger partial charge in [0.15, 0.2) is 0 Å². The highest BCUT2D eigenvalue weighted by molar-refractivity contribution is 6.31. The molecule has 0 amide bonds. The standard InChI is InChI=1S/C24H28ClN3O2.2ClH/c1-29-23-4-3-5-24(30-2)20(23)15-27-17-7-9-18(10-8-17)28-21-12-13-26-22-14-16(25)6-11-19(21)22;;/h3-6,11-14,17-18,27H,7-10,15H2,1-2H3,(H,26,28);2*1H/t17-,18+;;. The molecule has 5 nitrogen and oxygen atoms in total. The Morgan fingerprint density at radius 3 is 2.25 bits per heavy atom. The number of pyridine rings is 1. The maximum absolute atomic E-state index is 6.11. The van der Waals surface area contributed by atoms with Gasteiger partial charge < -0.3 is 20.1 Å². The molecule has 0 atom stereocenters. The molecule has 0 spiro atoms. The van der Waals surface area contributed by atoms with Gasteiger partial charge in [-0.05, 0) is 62.1 Å². The quantitative estimate of drug-likeness (QED) is 0.402. The Morgan fingerprint density at radius 2 is 1.59 bits per heavy atom. The lowest BCUT2D eigenvalue weighted by Crippen LogP contribution is -2.36. The highest BCUT2D eigenvalue weighted by atomic mass is 35.5. The van der Waals surface area contributed by atoms with Crippen molar-refractivity contribution in [1.82, 2.24) is 10.3 Å². The van der Waals surface area contributed by atoms with Crippen LogP contribution in [0.3, 0.4) is 0 Å². The van der Waals surface area contributed by atoms with Crippen LogP contribution in [0.2, 0.25) is 5.02 Å². The lowest BCUT2D eigenvalue weighted by atomic mass is 9.90. The zero-order chi connectivity index (χ0) is 20.9. The molecule has 0 aliphatic heterocycles. The summed E-state index contributed by atoms with van der Waals surface area (Å²) >= 11 is 6.11. The third-order valence-corrected chi connectivity index (χ3v) is 6.12. The Kier molecular flexibility index (Phi) is 10.2. The first-order chi connectivity index (χ1) is 14.7. The number of aromatic nitrogens is 1. The SMILES string of the molecule is COc1cccc(OC)c1CN[C@H]1CC[C@@H](Nc2ccnc3cc(Cl)ccc23)CC1.Cl.Cl. The van der Waals surface area contributed by atoms with Crippen molar-refractivity contribution in [3.05, 3.63) is 59.2 Å². The molecule has 3 aromatic rings. The molecule has 1 aliphatic rings. The highest BCUT2D eigenvalue weighted by Gasteiger charge is 2.22. The van der Waals surface area contributed by atoms with Gasteiger partial charge in [0.1, 0.15) is 11.5 Å². The van der Waals surface area contributed by atoms with Crippen molar-refractivity contribution >= 4 is 53.0 Å². The fourth-order valence-electron chi connectivity index (χ4n) is 4.26. The lowest BCUT2D eigenvalue weighted by molar-refractivity contribution is 0.342. The smallest absolute Gasteiger partial charge is 0.127 e. The zero-order valence-electron chi connectivity index (χ0n) is 18.3. The van der Waals surface area contributed by atoms with Crippen molar-refractivity contribution in [2.75, 3.05) is 19.5 Å².